The van der Waals surface area contributed by atoms with Crippen LogP contribution in [0.15, 0.2) is 30.3 Å². The summed E-state index contributed by atoms with van der Waals surface area (Å²) in [5, 5.41) is 0. The van der Waals surface area contributed by atoms with Gasteiger partial charge in [-0.25, -0.2) is 8.42 Å². The van der Waals surface area contributed by atoms with Crippen LogP contribution in [0.3, 0.4) is 0 Å². The normalized spacial score (nSPS) is 28.7. The molecule has 3 heterocycles. The molecule has 0 saturated carbocycles. The van der Waals surface area contributed by atoms with E-state index in [1.165, 1.54) is 0 Å². The van der Waals surface area contributed by atoms with Gasteiger partial charge in [0.25, 0.3) is 0 Å². The van der Waals surface area contributed by atoms with Crippen LogP contribution in [-0.4, -0.2) is 85.2 Å². The lowest BCUT2D eigenvalue weighted by Gasteiger charge is -2.38. The van der Waals surface area contributed by atoms with E-state index < -0.39 is 9.84 Å². The van der Waals surface area contributed by atoms with E-state index >= 15 is 0 Å². The van der Waals surface area contributed by atoms with Crippen molar-refractivity contribution in [2.45, 2.75) is 31.8 Å². The Bertz CT molecular complexity index is 865. The number of piperazine rings is 1. The minimum absolute atomic E-state index is 0.0366. The van der Waals surface area contributed by atoms with Crippen LogP contribution in [0.1, 0.15) is 31.4 Å². The first-order valence-corrected chi connectivity index (χ1v) is 12.2. The minimum atomic E-state index is -2.90. The van der Waals surface area contributed by atoms with Crippen LogP contribution in [0.25, 0.3) is 0 Å². The Labute approximate surface area is 172 Å². The average molecular weight is 420 g/mol. The molecule has 0 N–H and O–H groups in total. The summed E-state index contributed by atoms with van der Waals surface area (Å²) in [6.07, 6.45) is 0.969. The smallest absolute Gasteiger partial charge is 0.228 e. The zero-order valence-corrected chi connectivity index (χ0v) is 17.7. The van der Waals surface area contributed by atoms with Crippen LogP contribution >= 0.6 is 0 Å². The number of rotatable bonds is 4. The molecule has 29 heavy (non-hydrogen) atoms. The van der Waals surface area contributed by atoms with E-state index in [0.717, 1.165) is 5.56 Å². The SMILES string of the molecule is C[C@H](c1ccccc1)N1C[C@@H](C(=O)N2CCN([C@H]3CCS(=O)(=O)C3)CC2)CC1=O. The standard InChI is InChI=1S/C21H29N3O4S/c1-16(17-5-3-2-4-6-17)24-14-18(13-20(24)25)21(26)23-10-8-22(9-11-23)19-7-12-29(27,28)15-19/h2-6,16,18-19H,7-15H2,1H3/t16-,18+,19+/m1/s1. The highest BCUT2D eigenvalue weighted by atomic mass is 32.2. The molecular weight excluding hydrogens is 390 g/mol. The number of hydrogen-bond donors (Lipinski definition) is 0. The zero-order valence-electron chi connectivity index (χ0n) is 16.9. The van der Waals surface area contributed by atoms with Gasteiger partial charge in [0.1, 0.15) is 0 Å². The van der Waals surface area contributed by atoms with Crippen molar-refractivity contribution in [3.05, 3.63) is 35.9 Å². The molecule has 1 aromatic carbocycles. The number of amides is 2. The second-order valence-corrected chi connectivity index (χ2v) is 10.7. The Morgan fingerprint density at radius 1 is 1.10 bits per heavy atom. The van der Waals surface area contributed by atoms with E-state index in [-0.39, 0.29) is 47.7 Å². The number of sulfone groups is 1. The molecule has 0 unspecified atom stereocenters. The third kappa shape index (κ3) is 4.33. The maximum atomic E-state index is 13.0. The first-order chi connectivity index (χ1) is 13.8. The fourth-order valence-electron chi connectivity index (χ4n) is 4.81. The summed E-state index contributed by atoms with van der Waals surface area (Å²) >= 11 is 0. The number of likely N-dealkylation sites (tertiary alicyclic amines) is 1. The molecule has 2 amide bonds. The zero-order chi connectivity index (χ0) is 20.6. The van der Waals surface area contributed by atoms with E-state index in [1.807, 2.05) is 47.1 Å². The van der Waals surface area contributed by atoms with Gasteiger partial charge < -0.3 is 9.80 Å². The summed E-state index contributed by atoms with van der Waals surface area (Å²) in [5.74, 6) is 0.322. The van der Waals surface area contributed by atoms with E-state index in [1.54, 1.807) is 0 Å². The van der Waals surface area contributed by atoms with Crippen LogP contribution in [-0.2, 0) is 19.4 Å². The largest absolute Gasteiger partial charge is 0.340 e. The van der Waals surface area contributed by atoms with E-state index in [9.17, 15) is 18.0 Å². The summed E-state index contributed by atoms with van der Waals surface area (Å²) < 4.78 is 23.4. The Hall–Kier alpha value is -1.93. The Morgan fingerprint density at radius 2 is 1.79 bits per heavy atom. The van der Waals surface area contributed by atoms with Gasteiger partial charge in [-0.3, -0.25) is 14.5 Å². The van der Waals surface area contributed by atoms with Gasteiger partial charge >= 0.3 is 0 Å². The molecular formula is C21H29N3O4S. The van der Waals surface area contributed by atoms with Crippen LogP contribution in [0.5, 0.6) is 0 Å². The maximum absolute atomic E-state index is 13.0. The lowest BCUT2D eigenvalue weighted by Crippen LogP contribution is -2.53. The van der Waals surface area contributed by atoms with Gasteiger partial charge in [0.2, 0.25) is 11.8 Å². The number of hydrogen-bond acceptors (Lipinski definition) is 5. The van der Waals surface area contributed by atoms with Gasteiger partial charge in [0, 0.05) is 45.2 Å². The second-order valence-electron chi connectivity index (χ2n) is 8.45. The molecule has 3 fully saturated rings. The quantitative estimate of drug-likeness (QED) is 0.726. The summed E-state index contributed by atoms with van der Waals surface area (Å²) in [4.78, 5) is 31.5. The lowest BCUT2D eigenvalue weighted by molar-refractivity contribution is -0.137. The van der Waals surface area contributed by atoms with E-state index in [0.29, 0.717) is 39.1 Å². The molecule has 3 atom stereocenters. The molecule has 3 aliphatic heterocycles. The van der Waals surface area contributed by atoms with Crippen molar-refractivity contribution < 1.29 is 18.0 Å². The third-order valence-corrected chi connectivity index (χ3v) is 8.36. The van der Waals surface area contributed by atoms with Crippen molar-refractivity contribution in [2.75, 3.05) is 44.2 Å². The third-order valence-electron chi connectivity index (χ3n) is 6.61. The first kappa shape index (κ1) is 20.3. The van der Waals surface area contributed by atoms with Crippen molar-refractivity contribution in [2.24, 2.45) is 5.92 Å². The van der Waals surface area contributed by atoms with Gasteiger partial charge in [-0.1, -0.05) is 30.3 Å². The second kappa shape index (κ2) is 8.07. The summed E-state index contributed by atoms with van der Waals surface area (Å²) in [5.41, 5.74) is 1.08. The topological polar surface area (TPSA) is 78.0 Å². The molecule has 8 heteroatoms. The number of carbonyl (C=O) groups is 2. The fraction of sp³-hybridized carbons (Fsp3) is 0.619. The lowest BCUT2D eigenvalue weighted by atomic mass is 10.1. The highest BCUT2D eigenvalue weighted by Crippen LogP contribution is 2.30. The molecule has 7 nitrogen and oxygen atoms in total. The number of nitrogens with zero attached hydrogens (tertiary/aromatic N) is 3. The van der Waals surface area contributed by atoms with Gasteiger partial charge in [0.05, 0.1) is 23.5 Å². The van der Waals surface area contributed by atoms with E-state index in [4.69, 9.17) is 0 Å². The van der Waals surface area contributed by atoms with Gasteiger partial charge in [-0.2, -0.15) is 0 Å². The fourth-order valence-corrected chi connectivity index (χ4v) is 6.57. The van der Waals surface area contributed by atoms with Gasteiger partial charge in [-0.05, 0) is 18.9 Å². The molecule has 0 aromatic heterocycles. The monoisotopic (exact) mass is 419 g/mol. The summed E-state index contributed by atoms with van der Waals surface area (Å²) in [6.45, 7) is 5.10. The molecule has 3 saturated heterocycles. The Morgan fingerprint density at radius 3 is 2.41 bits per heavy atom. The first-order valence-electron chi connectivity index (χ1n) is 10.4. The molecule has 1 aromatic rings. The number of carbonyl (C=O) groups excluding carboxylic acids is 2. The molecule has 4 rings (SSSR count). The molecule has 158 valence electrons. The van der Waals surface area contributed by atoms with Crippen molar-refractivity contribution in [3.63, 3.8) is 0 Å². The highest BCUT2D eigenvalue weighted by Gasteiger charge is 2.40. The molecule has 0 bridgehead atoms. The van der Waals surface area contributed by atoms with Gasteiger partial charge in [0.15, 0.2) is 9.84 Å². The predicted octanol–water partition coefficient (Wildman–Crippen LogP) is 0.927. The predicted molar refractivity (Wildman–Crippen MR) is 110 cm³/mol. The summed E-state index contributed by atoms with van der Waals surface area (Å²) in [7, 11) is -2.90. The average Bonchev–Trinajstić information content (AvgIpc) is 3.29. The molecule has 0 spiro atoms. The highest BCUT2D eigenvalue weighted by molar-refractivity contribution is 7.91. The van der Waals surface area contributed by atoms with Crippen molar-refractivity contribution in [3.8, 4) is 0 Å². The van der Waals surface area contributed by atoms with Crippen molar-refractivity contribution >= 4 is 21.7 Å². The van der Waals surface area contributed by atoms with Crippen LogP contribution in [0, 0.1) is 5.92 Å². The van der Waals surface area contributed by atoms with Crippen LogP contribution < -0.4 is 0 Å². The molecule has 3 aliphatic rings. The Balaban J connectivity index is 1.32. The summed E-state index contributed by atoms with van der Waals surface area (Å²) in [6, 6.07) is 9.95. The van der Waals surface area contributed by atoms with Crippen molar-refractivity contribution in [1.29, 1.82) is 0 Å². The number of benzene rings is 1. The van der Waals surface area contributed by atoms with E-state index in [2.05, 4.69) is 4.90 Å². The van der Waals surface area contributed by atoms with Gasteiger partial charge in [-0.15, -0.1) is 0 Å². The maximum Gasteiger partial charge on any atom is 0.228 e. The molecule has 0 aliphatic carbocycles. The minimum Gasteiger partial charge on any atom is -0.340 e. The van der Waals surface area contributed by atoms with Crippen LogP contribution in [0.4, 0.5) is 0 Å². The van der Waals surface area contributed by atoms with Crippen molar-refractivity contribution in [1.82, 2.24) is 14.7 Å². The molecule has 0 radical (unpaired) electrons. The Kier molecular flexibility index (Phi) is 5.66. The van der Waals surface area contributed by atoms with Crippen LogP contribution in [0.2, 0.25) is 0 Å².